The van der Waals surface area contributed by atoms with Crippen LogP contribution in [0.5, 0.6) is 0 Å². The molecular formula is C10H18N2O3. The summed E-state index contributed by atoms with van der Waals surface area (Å²) >= 11 is 0. The molecule has 5 nitrogen and oxygen atoms in total. The first-order chi connectivity index (χ1) is 7.15. The maximum Gasteiger partial charge on any atom is 0.308 e. The molecule has 1 saturated carbocycles. The Balaban J connectivity index is 2.61. The first kappa shape index (κ1) is 12.0. The summed E-state index contributed by atoms with van der Waals surface area (Å²) in [4.78, 5) is 22.1. The molecule has 0 spiro atoms. The van der Waals surface area contributed by atoms with Crippen molar-refractivity contribution in [3.05, 3.63) is 0 Å². The molecule has 0 saturated heterocycles. The second-order valence-corrected chi connectivity index (χ2v) is 3.96. The van der Waals surface area contributed by atoms with Crippen LogP contribution in [0.4, 0.5) is 0 Å². The number of nitrogens with one attached hydrogen (secondary N) is 1. The van der Waals surface area contributed by atoms with Gasteiger partial charge in [-0.05, 0) is 12.8 Å². The van der Waals surface area contributed by atoms with E-state index in [1.807, 2.05) is 0 Å². The summed E-state index contributed by atoms with van der Waals surface area (Å²) < 4.78 is 0. The first-order valence-electron chi connectivity index (χ1n) is 5.37. The van der Waals surface area contributed by atoms with Crippen LogP contribution in [0.25, 0.3) is 0 Å². The van der Waals surface area contributed by atoms with Gasteiger partial charge in [0.2, 0.25) is 5.91 Å². The Kier molecular flexibility index (Phi) is 4.55. The molecule has 2 atom stereocenters. The van der Waals surface area contributed by atoms with E-state index in [9.17, 15) is 9.59 Å². The van der Waals surface area contributed by atoms with Crippen LogP contribution in [0.3, 0.4) is 0 Å². The molecule has 2 unspecified atom stereocenters. The predicted molar refractivity (Wildman–Crippen MR) is 55.2 cm³/mol. The van der Waals surface area contributed by atoms with Gasteiger partial charge in [0.25, 0.3) is 0 Å². The van der Waals surface area contributed by atoms with E-state index in [1.54, 1.807) is 0 Å². The van der Waals surface area contributed by atoms with E-state index in [0.29, 0.717) is 6.42 Å². The van der Waals surface area contributed by atoms with Crippen LogP contribution < -0.4 is 11.1 Å². The third kappa shape index (κ3) is 3.51. The lowest BCUT2D eigenvalue weighted by molar-refractivity contribution is -0.143. The number of hydrogen-bond donors (Lipinski definition) is 3. The van der Waals surface area contributed by atoms with Crippen LogP contribution in [-0.2, 0) is 9.59 Å². The van der Waals surface area contributed by atoms with Crippen LogP contribution in [0.2, 0.25) is 0 Å². The number of rotatable bonds is 3. The van der Waals surface area contributed by atoms with Crippen molar-refractivity contribution < 1.29 is 14.7 Å². The molecule has 0 bridgehead atoms. The topological polar surface area (TPSA) is 92.4 Å². The van der Waals surface area contributed by atoms with Gasteiger partial charge in [-0.1, -0.05) is 19.3 Å². The molecule has 15 heavy (non-hydrogen) atoms. The molecule has 1 amide bonds. The average molecular weight is 214 g/mol. The van der Waals surface area contributed by atoms with Gasteiger partial charge in [0.05, 0.1) is 12.5 Å². The molecule has 5 heteroatoms. The highest BCUT2D eigenvalue weighted by molar-refractivity contribution is 5.79. The maximum absolute atomic E-state index is 11.1. The highest BCUT2D eigenvalue weighted by Gasteiger charge is 2.30. The van der Waals surface area contributed by atoms with Crippen molar-refractivity contribution in [2.24, 2.45) is 11.7 Å². The summed E-state index contributed by atoms with van der Waals surface area (Å²) in [7, 11) is 0. The van der Waals surface area contributed by atoms with Crippen LogP contribution in [-0.4, -0.2) is 29.6 Å². The molecule has 1 fully saturated rings. The smallest absolute Gasteiger partial charge is 0.308 e. The van der Waals surface area contributed by atoms with Crippen LogP contribution in [0.15, 0.2) is 0 Å². The van der Waals surface area contributed by atoms with Gasteiger partial charge >= 0.3 is 5.97 Å². The highest BCUT2D eigenvalue weighted by Crippen LogP contribution is 2.23. The van der Waals surface area contributed by atoms with Gasteiger partial charge in [0.1, 0.15) is 0 Å². The van der Waals surface area contributed by atoms with Gasteiger partial charge in [0.15, 0.2) is 0 Å². The number of carboxylic acids is 1. The molecule has 86 valence electrons. The van der Waals surface area contributed by atoms with E-state index in [2.05, 4.69) is 5.32 Å². The Bertz CT molecular complexity index is 243. The normalized spacial score (nSPS) is 26.7. The van der Waals surface area contributed by atoms with Gasteiger partial charge < -0.3 is 16.2 Å². The van der Waals surface area contributed by atoms with Gasteiger partial charge in [-0.2, -0.15) is 0 Å². The second-order valence-electron chi connectivity index (χ2n) is 3.96. The highest BCUT2D eigenvalue weighted by atomic mass is 16.4. The molecular weight excluding hydrogens is 196 g/mol. The Morgan fingerprint density at radius 2 is 1.93 bits per heavy atom. The number of amides is 1. The van der Waals surface area contributed by atoms with Crippen molar-refractivity contribution in [3.63, 3.8) is 0 Å². The lowest BCUT2D eigenvalue weighted by atomic mass is 9.95. The van der Waals surface area contributed by atoms with Crippen LogP contribution >= 0.6 is 0 Å². The lowest BCUT2D eigenvalue weighted by Gasteiger charge is -2.22. The molecule has 1 aliphatic rings. The van der Waals surface area contributed by atoms with Crippen molar-refractivity contribution >= 4 is 11.9 Å². The third-order valence-electron chi connectivity index (χ3n) is 2.86. The molecule has 0 heterocycles. The van der Waals surface area contributed by atoms with Crippen molar-refractivity contribution in [1.82, 2.24) is 5.32 Å². The summed E-state index contributed by atoms with van der Waals surface area (Å²) in [5.41, 5.74) is 5.19. The fraction of sp³-hybridized carbons (Fsp3) is 0.800. The van der Waals surface area contributed by atoms with E-state index in [4.69, 9.17) is 10.8 Å². The van der Waals surface area contributed by atoms with Gasteiger partial charge in [-0.25, -0.2) is 0 Å². The standard InChI is InChI=1S/C10H18N2O3/c11-6-9(13)12-8-5-3-1-2-4-7(8)10(14)15/h7-8H,1-6,11H2,(H,12,13)(H,14,15). The van der Waals surface area contributed by atoms with E-state index >= 15 is 0 Å². The summed E-state index contributed by atoms with van der Waals surface area (Å²) in [6, 6.07) is -0.249. The Hall–Kier alpha value is -1.10. The van der Waals surface area contributed by atoms with E-state index in [1.165, 1.54) is 0 Å². The van der Waals surface area contributed by atoms with Crippen molar-refractivity contribution in [2.45, 2.75) is 38.1 Å². The number of nitrogens with two attached hydrogens (primary N) is 1. The summed E-state index contributed by atoms with van der Waals surface area (Å²) in [5.74, 6) is -1.55. The molecule has 0 aliphatic heterocycles. The number of carboxylic acid groups (broad SMARTS) is 1. The minimum Gasteiger partial charge on any atom is -0.481 e. The zero-order valence-electron chi connectivity index (χ0n) is 8.74. The van der Waals surface area contributed by atoms with Crippen molar-refractivity contribution in [2.75, 3.05) is 6.54 Å². The quantitative estimate of drug-likeness (QED) is 0.581. The second kappa shape index (κ2) is 5.70. The summed E-state index contributed by atoms with van der Waals surface area (Å²) in [6.07, 6.45) is 4.32. The Morgan fingerprint density at radius 1 is 1.27 bits per heavy atom. The van der Waals surface area contributed by atoms with E-state index in [-0.39, 0.29) is 18.5 Å². The molecule has 1 aliphatic carbocycles. The van der Waals surface area contributed by atoms with Crippen LogP contribution in [0, 0.1) is 5.92 Å². The van der Waals surface area contributed by atoms with Gasteiger partial charge in [-0.3, -0.25) is 9.59 Å². The zero-order valence-corrected chi connectivity index (χ0v) is 8.74. The number of carbonyl (C=O) groups is 2. The minimum absolute atomic E-state index is 0.0805. The largest absolute Gasteiger partial charge is 0.481 e. The molecule has 0 aromatic heterocycles. The lowest BCUT2D eigenvalue weighted by Crippen LogP contribution is -2.45. The fourth-order valence-corrected chi connectivity index (χ4v) is 2.04. The summed E-state index contributed by atoms with van der Waals surface area (Å²) in [5, 5.41) is 11.7. The predicted octanol–water partition coefficient (Wildman–Crippen LogP) is 0.0948. The Labute approximate surface area is 89.0 Å². The zero-order chi connectivity index (χ0) is 11.3. The van der Waals surface area contributed by atoms with Gasteiger partial charge in [0, 0.05) is 6.04 Å². The van der Waals surface area contributed by atoms with E-state index in [0.717, 1.165) is 25.7 Å². The molecule has 4 N–H and O–H groups in total. The molecule has 0 aromatic carbocycles. The van der Waals surface area contributed by atoms with Gasteiger partial charge in [-0.15, -0.1) is 0 Å². The number of carbonyl (C=O) groups excluding carboxylic acids is 1. The average Bonchev–Trinajstić information content (AvgIpc) is 2.43. The molecule has 0 radical (unpaired) electrons. The Morgan fingerprint density at radius 3 is 2.53 bits per heavy atom. The fourth-order valence-electron chi connectivity index (χ4n) is 2.04. The van der Waals surface area contributed by atoms with Crippen molar-refractivity contribution in [1.29, 1.82) is 0 Å². The number of aliphatic carboxylic acids is 1. The third-order valence-corrected chi connectivity index (χ3v) is 2.86. The monoisotopic (exact) mass is 214 g/mol. The van der Waals surface area contributed by atoms with Crippen molar-refractivity contribution in [3.8, 4) is 0 Å². The SMILES string of the molecule is NCC(=O)NC1CCCCCC1C(=O)O. The molecule has 1 rings (SSSR count). The minimum atomic E-state index is -0.820. The van der Waals surface area contributed by atoms with Crippen LogP contribution in [0.1, 0.15) is 32.1 Å². The first-order valence-corrected chi connectivity index (χ1v) is 5.37. The maximum atomic E-state index is 11.1. The number of hydrogen-bond acceptors (Lipinski definition) is 3. The molecule has 0 aromatic rings. The van der Waals surface area contributed by atoms with E-state index < -0.39 is 11.9 Å². The summed E-state index contributed by atoms with van der Waals surface area (Å²) in [6.45, 7) is -0.0805.